The van der Waals surface area contributed by atoms with Gasteiger partial charge < -0.3 is 19.3 Å². The Morgan fingerprint density at radius 1 is 1.22 bits per heavy atom. The molecule has 1 heterocycles. The van der Waals surface area contributed by atoms with Crippen molar-refractivity contribution in [2.45, 2.75) is 20.5 Å². The topological polar surface area (TPSA) is 134 Å². The molecule has 10 nitrogen and oxygen atoms in total. The number of nitrogens with one attached hydrogen (secondary N) is 1. The van der Waals surface area contributed by atoms with Crippen LogP contribution in [0.4, 0.5) is 15.8 Å². The van der Waals surface area contributed by atoms with Gasteiger partial charge in [0.15, 0.2) is 6.61 Å². The first-order chi connectivity index (χ1) is 15.2. The van der Waals surface area contributed by atoms with Crippen molar-refractivity contribution in [2.24, 2.45) is 0 Å². The van der Waals surface area contributed by atoms with Gasteiger partial charge in [-0.15, -0.1) is 0 Å². The van der Waals surface area contributed by atoms with Gasteiger partial charge in [-0.2, -0.15) is 0 Å². The molecule has 3 rings (SSSR count). The number of anilines is 1. The molecule has 0 unspecified atom stereocenters. The molecule has 166 valence electrons. The van der Waals surface area contributed by atoms with Crippen molar-refractivity contribution in [3.63, 3.8) is 0 Å². The molecule has 2 aromatic carbocycles. The van der Waals surface area contributed by atoms with E-state index in [0.717, 1.165) is 23.8 Å². The van der Waals surface area contributed by atoms with Gasteiger partial charge >= 0.3 is 5.97 Å². The first-order valence-corrected chi connectivity index (χ1v) is 9.30. The molecule has 0 spiro atoms. The molecule has 0 saturated carbocycles. The molecule has 1 aromatic heterocycles. The molecule has 0 aliphatic rings. The van der Waals surface area contributed by atoms with Gasteiger partial charge in [-0.3, -0.25) is 14.9 Å². The summed E-state index contributed by atoms with van der Waals surface area (Å²) in [5.74, 6) is -1.50. The fourth-order valence-electron chi connectivity index (χ4n) is 2.70. The van der Waals surface area contributed by atoms with Gasteiger partial charge in [0.2, 0.25) is 0 Å². The summed E-state index contributed by atoms with van der Waals surface area (Å²) in [6.45, 7) is 3.02. The zero-order valence-corrected chi connectivity index (χ0v) is 17.1. The molecule has 3 aromatic rings. The van der Waals surface area contributed by atoms with Crippen LogP contribution in [-0.4, -0.2) is 28.6 Å². The molecule has 0 atom stereocenters. The molecule has 0 bridgehead atoms. The number of non-ortho nitro benzene ring substituents is 1. The molecule has 32 heavy (non-hydrogen) atoms. The Morgan fingerprint density at radius 3 is 2.69 bits per heavy atom. The quantitative estimate of drug-likeness (QED) is 0.316. The minimum atomic E-state index is -0.863. The molecule has 0 aliphatic heterocycles. The van der Waals surface area contributed by atoms with E-state index in [4.69, 9.17) is 14.0 Å². The molecule has 1 amide bonds. The third-order valence-electron chi connectivity index (χ3n) is 4.40. The lowest BCUT2D eigenvalue weighted by atomic mass is 10.2. The van der Waals surface area contributed by atoms with Crippen LogP contribution in [0.3, 0.4) is 0 Å². The second-order valence-corrected chi connectivity index (χ2v) is 6.66. The minimum absolute atomic E-state index is 0.135. The predicted molar refractivity (Wildman–Crippen MR) is 109 cm³/mol. The Balaban J connectivity index is 1.57. The van der Waals surface area contributed by atoms with Crippen molar-refractivity contribution in [3.8, 4) is 5.75 Å². The fraction of sp³-hybridized carbons (Fsp3) is 0.190. The highest BCUT2D eigenvalue weighted by atomic mass is 19.1. The number of hydrogen-bond donors (Lipinski definition) is 1. The number of esters is 1. The predicted octanol–water partition coefficient (Wildman–Crippen LogP) is 3.71. The van der Waals surface area contributed by atoms with Crippen LogP contribution in [-0.2, 0) is 16.1 Å². The van der Waals surface area contributed by atoms with E-state index in [1.54, 1.807) is 26.0 Å². The Bertz CT molecular complexity index is 1160. The summed E-state index contributed by atoms with van der Waals surface area (Å²) >= 11 is 0. The van der Waals surface area contributed by atoms with Crippen molar-refractivity contribution in [1.82, 2.24) is 5.16 Å². The molecule has 0 fully saturated rings. The number of ether oxygens (including phenoxy) is 2. The molecule has 0 aliphatic carbocycles. The lowest BCUT2D eigenvalue weighted by molar-refractivity contribution is -0.384. The van der Waals surface area contributed by atoms with Crippen LogP contribution in [0, 0.1) is 29.8 Å². The van der Waals surface area contributed by atoms with Crippen LogP contribution in [0.5, 0.6) is 5.75 Å². The number of aromatic nitrogens is 1. The van der Waals surface area contributed by atoms with Crippen molar-refractivity contribution in [3.05, 3.63) is 81.0 Å². The van der Waals surface area contributed by atoms with Gasteiger partial charge in [0.25, 0.3) is 11.6 Å². The van der Waals surface area contributed by atoms with E-state index in [1.165, 1.54) is 12.1 Å². The first-order valence-electron chi connectivity index (χ1n) is 9.30. The number of hydrogen-bond acceptors (Lipinski definition) is 8. The Labute approximate surface area is 181 Å². The number of nitro benzene ring substituents is 1. The number of nitro groups is 1. The summed E-state index contributed by atoms with van der Waals surface area (Å²) in [6, 6.07) is 8.83. The van der Waals surface area contributed by atoms with E-state index >= 15 is 0 Å². The Hall–Kier alpha value is -4.28. The number of aryl methyl sites for hydroxylation is 2. The lowest BCUT2D eigenvalue weighted by Crippen LogP contribution is -2.21. The summed E-state index contributed by atoms with van der Waals surface area (Å²) in [6.07, 6.45) is 0. The van der Waals surface area contributed by atoms with Gasteiger partial charge in [-0.1, -0.05) is 11.2 Å². The smallest absolute Gasteiger partial charge is 0.338 e. The molecule has 0 saturated heterocycles. The number of carbonyl (C=O) groups is 2. The maximum Gasteiger partial charge on any atom is 0.338 e. The van der Waals surface area contributed by atoms with Gasteiger partial charge in [-0.05, 0) is 38.1 Å². The molecular weight excluding hydrogens is 425 g/mol. The highest BCUT2D eigenvalue weighted by molar-refractivity contribution is 5.95. The summed E-state index contributed by atoms with van der Waals surface area (Å²) in [7, 11) is 0. The number of amides is 1. The normalized spacial score (nSPS) is 10.5. The second kappa shape index (κ2) is 9.69. The average Bonchev–Trinajstić information content (AvgIpc) is 3.09. The maximum atomic E-state index is 13.8. The van der Waals surface area contributed by atoms with Gasteiger partial charge in [0.1, 0.15) is 23.9 Å². The van der Waals surface area contributed by atoms with Crippen molar-refractivity contribution in [1.29, 1.82) is 0 Å². The standard InChI is InChI=1S/C21H18FN3O7/c1-12-17(13(2)32-24-12)10-30-16-5-3-4-14(8-16)21(27)31-11-20(26)23-19-9-15(25(28)29)6-7-18(19)22/h3-9H,10-11H2,1-2H3,(H,23,26). The molecule has 1 N–H and O–H groups in total. The van der Waals surface area contributed by atoms with Crippen LogP contribution in [0.15, 0.2) is 47.0 Å². The molecular formula is C21H18FN3O7. The Morgan fingerprint density at radius 2 is 2.00 bits per heavy atom. The Kier molecular flexibility index (Phi) is 6.78. The number of benzene rings is 2. The fourth-order valence-corrected chi connectivity index (χ4v) is 2.70. The van der Waals surface area contributed by atoms with E-state index < -0.39 is 40.6 Å². The van der Waals surface area contributed by atoms with Crippen LogP contribution in [0.2, 0.25) is 0 Å². The number of carbonyl (C=O) groups excluding carboxylic acids is 2. The first kappa shape index (κ1) is 22.4. The lowest BCUT2D eigenvalue weighted by Gasteiger charge is -2.09. The summed E-state index contributed by atoms with van der Waals surface area (Å²) in [5, 5.41) is 16.8. The second-order valence-electron chi connectivity index (χ2n) is 6.66. The van der Waals surface area contributed by atoms with E-state index in [9.17, 15) is 24.1 Å². The van der Waals surface area contributed by atoms with Crippen LogP contribution in [0.25, 0.3) is 0 Å². The summed E-state index contributed by atoms with van der Waals surface area (Å²) < 4.78 is 29.4. The van der Waals surface area contributed by atoms with Gasteiger partial charge in [-0.25, -0.2) is 9.18 Å². The monoisotopic (exact) mass is 443 g/mol. The van der Waals surface area contributed by atoms with Crippen LogP contribution >= 0.6 is 0 Å². The largest absolute Gasteiger partial charge is 0.489 e. The van der Waals surface area contributed by atoms with Gasteiger partial charge in [0.05, 0.1) is 27.4 Å². The zero-order valence-electron chi connectivity index (χ0n) is 17.1. The van der Waals surface area contributed by atoms with Crippen LogP contribution in [0.1, 0.15) is 27.4 Å². The number of nitrogens with zero attached hydrogens (tertiary/aromatic N) is 2. The van der Waals surface area contributed by atoms with E-state index in [1.807, 2.05) is 0 Å². The van der Waals surface area contributed by atoms with Crippen molar-refractivity contribution < 1.29 is 32.9 Å². The third-order valence-corrected chi connectivity index (χ3v) is 4.40. The third kappa shape index (κ3) is 5.45. The minimum Gasteiger partial charge on any atom is -0.489 e. The van der Waals surface area contributed by atoms with E-state index in [2.05, 4.69) is 10.5 Å². The van der Waals surface area contributed by atoms with Crippen LogP contribution < -0.4 is 10.1 Å². The average molecular weight is 443 g/mol. The highest BCUT2D eigenvalue weighted by Crippen LogP contribution is 2.21. The number of rotatable bonds is 8. The van der Waals surface area contributed by atoms with E-state index in [-0.39, 0.29) is 12.2 Å². The summed E-state index contributed by atoms with van der Waals surface area (Å²) in [4.78, 5) is 34.3. The van der Waals surface area contributed by atoms with E-state index in [0.29, 0.717) is 17.2 Å². The van der Waals surface area contributed by atoms with Gasteiger partial charge in [0, 0.05) is 12.1 Å². The SMILES string of the molecule is Cc1noc(C)c1COc1cccc(C(=O)OCC(=O)Nc2cc([N+](=O)[O-])ccc2F)c1. The van der Waals surface area contributed by atoms with Crippen molar-refractivity contribution in [2.75, 3.05) is 11.9 Å². The number of halogens is 1. The highest BCUT2D eigenvalue weighted by Gasteiger charge is 2.16. The molecule has 11 heteroatoms. The summed E-state index contributed by atoms with van der Waals surface area (Å²) in [5.41, 5.74) is 0.838. The molecule has 0 radical (unpaired) electrons. The zero-order chi connectivity index (χ0) is 23.3. The van der Waals surface area contributed by atoms with Crippen molar-refractivity contribution >= 4 is 23.3 Å². The maximum absolute atomic E-state index is 13.8.